The quantitative estimate of drug-likeness (QED) is 0.172. The average Bonchev–Trinajstić information content (AvgIpc) is 2.66. The summed E-state index contributed by atoms with van der Waals surface area (Å²) in [4.78, 5) is 25.8. The zero-order valence-electron chi connectivity index (χ0n) is 15.1. The van der Waals surface area contributed by atoms with Gasteiger partial charge in [0.2, 0.25) is 11.8 Å². The monoisotopic (exact) mass is 366 g/mol. The van der Waals surface area contributed by atoms with Crippen molar-refractivity contribution >= 4 is 11.8 Å². The minimum Gasteiger partial charge on any atom is -0.375 e. The molecule has 0 spiro atoms. The Morgan fingerprint density at radius 2 is 1.12 bits per heavy atom. The van der Waals surface area contributed by atoms with E-state index in [1.165, 1.54) is 24.3 Å². The first kappa shape index (κ1) is 23.7. The lowest BCUT2D eigenvalue weighted by atomic mass is 10.3. The van der Waals surface area contributed by atoms with Crippen LogP contribution in [0.1, 0.15) is 0 Å². The molecule has 4 N–H and O–H groups in total. The van der Waals surface area contributed by atoms with Crippen LogP contribution >= 0.6 is 0 Å². The zero-order chi connectivity index (χ0) is 19.9. The number of aliphatic hydroxyl groups excluding tert-OH is 2. The molecule has 0 aliphatic carbocycles. The predicted octanol–water partition coefficient (Wildman–Crippen LogP) is -0.796. The lowest BCUT2D eigenvalue weighted by molar-refractivity contribution is -0.117. The Balaban J connectivity index is 4.65. The van der Waals surface area contributed by atoms with Gasteiger partial charge in [-0.2, -0.15) is 0 Å². The lowest BCUT2D eigenvalue weighted by Gasteiger charge is -2.31. The SMILES string of the molecule is C=CC(=O)NCCN(CCN(CCNC(=O)C=C)C(O)C=C)C(O)C=C. The van der Waals surface area contributed by atoms with Gasteiger partial charge in [-0.25, -0.2) is 0 Å². The van der Waals surface area contributed by atoms with Crippen molar-refractivity contribution in [3.05, 3.63) is 50.6 Å². The number of hydrogen-bond acceptors (Lipinski definition) is 6. The van der Waals surface area contributed by atoms with Crippen molar-refractivity contribution in [2.45, 2.75) is 12.5 Å². The van der Waals surface area contributed by atoms with Gasteiger partial charge in [0.05, 0.1) is 0 Å². The molecular formula is C18H30N4O4. The Kier molecular flexibility index (Phi) is 12.8. The highest BCUT2D eigenvalue weighted by atomic mass is 16.3. The number of nitrogens with zero attached hydrogens (tertiary/aromatic N) is 2. The Bertz CT molecular complexity index is 452. The summed E-state index contributed by atoms with van der Waals surface area (Å²) < 4.78 is 0. The standard InChI is InChI=1S/C18H30N4O4/c1-5-15(23)19-9-11-21(17(25)7-3)13-14-22(18(26)8-4)12-10-20-16(24)6-2/h5-8,17-18,25-26H,1-4,9-14H2,(H,19,23)(H,20,24). The van der Waals surface area contributed by atoms with Crippen molar-refractivity contribution in [2.75, 3.05) is 39.3 Å². The Hall–Kier alpha value is -2.26. The van der Waals surface area contributed by atoms with E-state index >= 15 is 0 Å². The maximum absolute atomic E-state index is 11.2. The van der Waals surface area contributed by atoms with Gasteiger partial charge in [-0.3, -0.25) is 19.4 Å². The van der Waals surface area contributed by atoms with E-state index in [0.717, 1.165) is 0 Å². The van der Waals surface area contributed by atoms with E-state index in [1.54, 1.807) is 9.80 Å². The van der Waals surface area contributed by atoms with E-state index in [1.807, 2.05) is 0 Å². The highest BCUT2D eigenvalue weighted by molar-refractivity contribution is 5.87. The van der Waals surface area contributed by atoms with E-state index in [2.05, 4.69) is 36.9 Å². The number of aliphatic hydroxyl groups is 2. The third-order valence-corrected chi connectivity index (χ3v) is 3.61. The molecule has 0 aromatic heterocycles. The molecule has 0 fully saturated rings. The fraction of sp³-hybridized carbons (Fsp3) is 0.444. The van der Waals surface area contributed by atoms with Gasteiger partial charge in [0, 0.05) is 39.3 Å². The number of carbonyl (C=O) groups is 2. The van der Waals surface area contributed by atoms with E-state index in [9.17, 15) is 19.8 Å². The highest BCUT2D eigenvalue weighted by Gasteiger charge is 2.17. The molecule has 2 atom stereocenters. The van der Waals surface area contributed by atoms with Gasteiger partial charge in [-0.15, -0.1) is 0 Å². The first-order valence-electron chi connectivity index (χ1n) is 8.29. The number of rotatable bonds is 15. The van der Waals surface area contributed by atoms with Crippen LogP contribution in [-0.2, 0) is 9.59 Å². The Labute approximate surface area is 155 Å². The third-order valence-electron chi connectivity index (χ3n) is 3.61. The molecule has 8 nitrogen and oxygen atoms in total. The van der Waals surface area contributed by atoms with Crippen LogP contribution in [0.3, 0.4) is 0 Å². The van der Waals surface area contributed by atoms with E-state index < -0.39 is 12.5 Å². The molecule has 0 aliphatic rings. The number of amides is 2. The van der Waals surface area contributed by atoms with Crippen molar-refractivity contribution in [3.8, 4) is 0 Å². The van der Waals surface area contributed by atoms with Gasteiger partial charge in [-0.05, 0) is 24.3 Å². The van der Waals surface area contributed by atoms with Crippen LogP contribution in [-0.4, -0.2) is 83.6 Å². The summed E-state index contributed by atoms with van der Waals surface area (Å²) in [6.07, 6.45) is 3.33. The predicted molar refractivity (Wildman–Crippen MR) is 102 cm³/mol. The molecule has 0 aliphatic heterocycles. The first-order valence-corrected chi connectivity index (χ1v) is 8.29. The summed E-state index contributed by atoms with van der Waals surface area (Å²) in [7, 11) is 0. The largest absolute Gasteiger partial charge is 0.375 e. The van der Waals surface area contributed by atoms with Crippen molar-refractivity contribution < 1.29 is 19.8 Å². The summed E-state index contributed by atoms with van der Waals surface area (Å²) in [6, 6.07) is 0. The van der Waals surface area contributed by atoms with E-state index in [0.29, 0.717) is 39.3 Å². The van der Waals surface area contributed by atoms with Gasteiger partial charge in [0.15, 0.2) is 0 Å². The maximum Gasteiger partial charge on any atom is 0.243 e. The van der Waals surface area contributed by atoms with Crippen LogP contribution in [0.5, 0.6) is 0 Å². The summed E-state index contributed by atoms with van der Waals surface area (Å²) in [5.74, 6) is -0.584. The van der Waals surface area contributed by atoms with Crippen LogP contribution in [0.4, 0.5) is 0 Å². The van der Waals surface area contributed by atoms with Crippen molar-refractivity contribution in [3.63, 3.8) is 0 Å². The first-order chi connectivity index (χ1) is 12.4. The minimum absolute atomic E-state index is 0.292. The number of carbonyl (C=O) groups excluding carboxylic acids is 2. The molecule has 0 heterocycles. The van der Waals surface area contributed by atoms with Gasteiger partial charge < -0.3 is 20.8 Å². The Morgan fingerprint density at radius 1 is 0.769 bits per heavy atom. The number of hydrogen-bond donors (Lipinski definition) is 4. The summed E-state index contributed by atoms with van der Waals surface area (Å²) in [5, 5.41) is 25.3. The molecule has 146 valence electrons. The van der Waals surface area contributed by atoms with Crippen LogP contribution in [0.2, 0.25) is 0 Å². The number of nitrogens with one attached hydrogen (secondary N) is 2. The van der Waals surface area contributed by atoms with Gasteiger partial charge in [0.1, 0.15) is 12.5 Å². The molecule has 0 radical (unpaired) electrons. The molecule has 2 amide bonds. The second kappa shape index (κ2) is 14.0. The average molecular weight is 366 g/mol. The molecule has 8 heteroatoms. The molecule has 0 aromatic carbocycles. The highest BCUT2D eigenvalue weighted by Crippen LogP contribution is 2.02. The van der Waals surface area contributed by atoms with Crippen LogP contribution < -0.4 is 10.6 Å². The fourth-order valence-electron chi connectivity index (χ4n) is 2.10. The third kappa shape index (κ3) is 9.90. The molecule has 2 unspecified atom stereocenters. The fourth-order valence-corrected chi connectivity index (χ4v) is 2.10. The molecule has 0 rings (SSSR count). The lowest BCUT2D eigenvalue weighted by Crippen LogP contribution is -2.47. The van der Waals surface area contributed by atoms with Gasteiger partial charge >= 0.3 is 0 Å². The molecular weight excluding hydrogens is 336 g/mol. The van der Waals surface area contributed by atoms with Crippen LogP contribution in [0, 0.1) is 0 Å². The van der Waals surface area contributed by atoms with Gasteiger partial charge in [-0.1, -0.05) is 26.3 Å². The smallest absolute Gasteiger partial charge is 0.243 e. The van der Waals surface area contributed by atoms with E-state index in [4.69, 9.17) is 0 Å². The van der Waals surface area contributed by atoms with Crippen molar-refractivity contribution in [1.29, 1.82) is 0 Å². The van der Waals surface area contributed by atoms with E-state index in [-0.39, 0.29) is 11.8 Å². The molecule has 0 aromatic rings. The van der Waals surface area contributed by atoms with Crippen molar-refractivity contribution in [1.82, 2.24) is 20.4 Å². The van der Waals surface area contributed by atoms with Crippen LogP contribution in [0.25, 0.3) is 0 Å². The second-order valence-corrected chi connectivity index (χ2v) is 5.36. The summed E-state index contributed by atoms with van der Waals surface area (Å²) in [6.45, 7) is 16.1. The summed E-state index contributed by atoms with van der Waals surface area (Å²) in [5.41, 5.74) is 0. The molecule has 26 heavy (non-hydrogen) atoms. The molecule has 0 saturated carbocycles. The summed E-state index contributed by atoms with van der Waals surface area (Å²) >= 11 is 0. The Morgan fingerprint density at radius 3 is 1.38 bits per heavy atom. The molecule has 0 saturated heterocycles. The minimum atomic E-state index is -0.890. The maximum atomic E-state index is 11.2. The topological polar surface area (TPSA) is 105 Å². The second-order valence-electron chi connectivity index (χ2n) is 5.36. The normalized spacial score (nSPS) is 12.9. The van der Waals surface area contributed by atoms with Crippen molar-refractivity contribution in [2.24, 2.45) is 0 Å². The van der Waals surface area contributed by atoms with Crippen LogP contribution in [0.15, 0.2) is 50.6 Å². The molecule has 0 bridgehead atoms. The zero-order valence-corrected chi connectivity index (χ0v) is 15.1. The van der Waals surface area contributed by atoms with Gasteiger partial charge in [0.25, 0.3) is 0 Å².